The third kappa shape index (κ3) is 2.73. The fourth-order valence-corrected chi connectivity index (χ4v) is 1.49. The number of halogens is 1. The number of hydrogen-bond acceptors (Lipinski definition) is 3. The number of carbonyl (C=O) groups excluding carboxylic acids is 1. The predicted octanol–water partition coefficient (Wildman–Crippen LogP) is 2.69. The van der Waals surface area contributed by atoms with E-state index in [1.54, 1.807) is 24.3 Å². The number of pyridine rings is 1. The van der Waals surface area contributed by atoms with E-state index in [2.05, 4.69) is 10.3 Å². The zero-order chi connectivity index (χ0) is 12.3. The molecule has 0 radical (unpaired) electrons. The van der Waals surface area contributed by atoms with Gasteiger partial charge in [0.25, 0.3) is 5.91 Å². The molecule has 0 saturated carbocycles. The van der Waals surface area contributed by atoms with Gasteiger partial charge in [-0.15, -0.1) is 0 Å². The lowest BCUT2D eigenvalue weighted by atomic mass is 10.2. The van der Waals surface area contributed by atoms with Crippen LogP contribution in [-0.2, 0) is 0 Å². The molecule has 1 heterocycles. The summed E-state index contributed by atoms with van der Waals surface area (Å²) in [4.78, 5) is 15.6. The molecule has 2 rings (SSSR count). The molecule has 0 aliphatic heterocycles. The summed E-state index contributed by atoms with van der Waals surface area (Å²) in [7, 11) is 0. The second-order valence-electron chi connectivity index (χ2n) is 3.34. The van der Waals surface area contributed by atoms with E-state index in [9.17, 15) is 9.90 Å². The van der Waals surface area contributed by atoms with E-state index in [1.807, 2.05) is 0 Å². The maximum Gasteiger partial charge on any atom is 0.256 e. The molecule has 1 aromatic heterocycles. The molecule has 0 fully saturated rings. The van der Waals surface area contributed by atoms with E-state index >= 15 is 0 Å². The van der Waals surface area contributed by atoms with E-state index in [1.165, 1.54) is 18.3 Å². The molecule has 2 aromatic rings. The molecule has 0 atom stereocenters. The van der Waals surface area contributed by atoms with Crippen molar-refractivity contribution in [2.45, 2.75) is 0 Å². The third-order valence-corrected chi connectivity index (χ3v) is 2.34. The average molecular weight is 249 g/mol. The third-order valence-electron chi connectivity index (χ3n) is 2.11. The Kier molecular flexibility index (Phi) is 3.25. The SMILES string of the molecule is O=C(Nc1ncccc1O)c1cccc(Cl)c1. The minimum absolute atomic E-state index is 0.0807. The Balaban J connectivity index is 2.20. The molecule has 2 N–H and O–H groups in total. The maximum absolute atomic E-state index is 11.8. The normalized spacial score (nSPS) is 9.94. The molecule has 0 spiro atoms. The van der Waals surface area contributed by atoms with Gasteiger partial charge in [-0.05, 0) is 30.3 Å². The molecular formula is C12H9ClN2O2. The minimum Gasteiger partial charge on any atom is -0.504 e. The topological polar surface area (TPSA) is 62.2 Å². The summed E-state index contributed by atoms with van der Waals surface area (Å²) in [6.07, 6.45) is 1.48. The molecule has 5 heteroatoms. The smallest absolute Gasteiger partial charge is 0.256 e. The molecule has 0 saturated heterocycles. The molecule has 0 bridgehead atoms. The van der Waals surface area contributed by atoms with Crippen molar-refractivity contribution in [1.82, 2.24) is 4.98 Å². The summed E-state index contributed by atoms with van der Waals surface area (Å²) in [5.74, 6) is -0.332. The van der Waals surface area contributed by atoms with Crippen LogP contribution in [0, 0.1) is 0 Å². The Bertz CT molecular complexity index is 558. The number of benzene rings is 1. The van der Waals surface area contributed by atoms with Gasteiger partial charge in [0.05, 0.1) is 0 Å². The molecule has 1 amide bonds. The van der Waals surface area contributed by atoms with Crippen molar-refractivity contribution in [2.75, 3.05) is 5.32 Å². The quantitative estimate of drug-likeness (QED) is 0.859. The van der Waals surface area contributed by atoms with Crippen LogP contribution in [0.4, 0.5) is 5.82 Å². The molecule has 4 nitrogen and oxygen atoms in total. The van der Waals surface area contributed by atoms with Crippen LogP contribution in [0.1, 0.15) is 10.4 Å². The molecule has 17 heavy (non-hydrogen) atoms. The van der Waals surface area contributed by atoms with Crippen molar-refractivity contribution < 1.29 is 9.90 Å². The first-order chi connectivity index (χ1) is 8.16. The molecule has 0 aliphatic rings. The van der Waals surface area contributed by atoms with Crippen LogP contribution in [0.3, 0.4) is 0 Å². The van der Waals surface area contributed by atoms with Crippen LogP contribution >= 0.6 is 11.6 Å². The van der Waals surface area contributed by atoms with Crippen LogP contribution < -0.4 is 5.32 Å². The Morgan fingerprint density at radius 2 is 2.12 bits per heavy atom. The highest BCUT2D eigenvalue weighted by atomic mass is 35.5. The largest absolute Gasteiger partial charge is 0.504 e. The summed E-state index contributed by atoms with van der Waals surface area (Å²) in [6.45, 7) is 0. The van der Waals surface area contributed by atoms with Gasteiger partial charge in [0.1, 0.15) is 0 Å². The van der Waals surface area contributed by atoms with Gasteiger partial charge in [-0.3, -0.25) is 4.79 Å². The molecule has 0 aliphatic carbocycles. The van der Waals surface area contributed by atoms with Crippen LogP contribution in [0.5, 0.6) is 5.75 Å². The van der Waals surface area contributed by atoms with Crippen molar-refractivity contribution in [3.63, 3.8) is 0 Å². The van der Waals surface area contributed by atoms with Gasteiger partial charge in [-0.2, -0.15) is 0 Å². The Morgan fingerprint density at radius 1 is 1.29 bits per heavy atom. The summed E-state index contributed by atoms with van der Waals surface area (Å²) in [5.41, 5.74) is 0.405. The number of rotatable bonds is 2. The zero-order valence-corrected chi connectivity index (χ0v) is 9.48. The van der Waals surface area contributed by atoms with E-state index in [0.717, 1.165) is 0 Å². The van der Waals surface area contributed by atoms with E-state index in [4.69, 9.17) is 11.6 Å². The number of carbonyl (C=O) groups is 1. The number of amides is 1. The average Bonchev–Trinajstić information content (AvgIpc) is 2.32. The molecular weight excluding hydrogens is 240 g/mol. The van der Waals surface area contributed by atoms with Crippen LogP contribution in [0.25, 0.3) is 0 Å². The highest BCUT2D eigenvalue weighted by Gasteiger charge is 2.09. The van der Waals surface area contributed by atoms with Gasteiger partial charge in [0.15, 0.2) is 11.6 Å². The fourth-order valence-electron chi connectivity index (χ4n) is 1.30. The number of aromatic nitrogens is 1. The monoisotopic (exact) mass is 248 g/mol. The zero-order valence-electron chi connectivity index (χ0n) is 8.72. The van der Waals surface area contributed by atoms with Crippen molar-refractivity contribution in [1.29, 1.82) is 0 Å². The van der Waals surface area contributed by atoms with Crippen LogP contribution in [0.15, 0.2) is 42.6 Å². The summed E-state index contributed by atoms with van der Waals surface area (Å²) >= 11 is 5.78. The number of hydrogen-bond donors (Lipinski definition) is 2. The molecule has 86 valence electrons. The van der Waals surface area contributed by atoms with Crippen molar-refractivity contribution in [3.05, 3.63) is 53.2 Å². The standard InChI is InChI=1S/C12H9ClN2O2/c13-9-4-1-3-8(7-9)12(17)15-11-10(16)5-2-6-14-11/h1-7,16H,(H,14,15,17). The van der Waals surface area contributed by atoms with Crippen molar-refractivity contribution in [3.8, 4) is 5.75 Å². The number of nitrogens with zero attached hydrogens (tertiary/aromatic N) is 1. The first-order valence-electron chi connectivity index (χ1n) is 4.88. The fraction of sp³-hybridized carbons (Fsp3) is 0. The Labute approximate surface area is 103 Å². The second-order valence-corrected chi connectivity index (χ2v) is 3.77. The second kappa shape index (κ2) is 4.84. The number of nitrogens with one attached hydrogen (secondary N) is 1. The van der Waals surface area contributed by atoms with E-state index < -0.39 is 0 Å². The lowest BCUT2D eigenvalue weighted by Crippen LogP contribution is -2.12. The van der Waals surface area contributed by atoms with Gasteiger partial charge in [-0.1, -0.05) is 17.7 Å². The minimum atomic E-state index is -0.374. The number of aromatic hydroxyl groups is 1. The van der Waals surface area contributed by atoms with E-state index in [0.29, 0.717) is 10.6 Å². The van der Waals surface area contributed by atoms with Gasteiger partial charge >= 0.3 is 0 Å². The summed E-state index contributed by atoms with van der Waals surface area (Å²) < 4.78 is 0. The summed E-state index contributed by atoms with van der Waals surface area (Å²) in [6, 6.07) is 9.54. The van der Waals surface area contributed by atoms with Gasteiger partial charge in [-0.25, -0.2) is 4.98 Å². The van der Waals surface area contributed by atoms with Gasteiger partial charge < -0.3 is 10.4 Å². The molecule has 1 aromatic carbocycles. The van der Waals surface area contributed by atoms with Crippen LogP contribution in [-0.4, -0.2) is 16.0 Å². The highest BCUT2D eigenvalue weighted by molar-refractivity contribution is 6.31. The highest BCUT2D eigenvalue weighted by Crippen LogP contribution is 2.19. The van der Waals surface area contributed by atoms with Gasteiger partial charge in [0.2, 0.25) is 0 Å². The maximum atomic E-state index is 11.8. The molecule has 0 unspecified atom stereocenters. The lowest BCUT2D eigenvalue weighted by molar-refractivity contribution is 0.102. The lowest BCUT2D eigenvalue weighted by Gasteiger charge is -2.05. The first kappa shape index (κ1) is 11.4. The van der Waals surface area contributed by atoms with Crippen molar-refractivity contribution >= 4 is 23.3 Å². The first-order valence-corrected chi connectivity index (χ1v) is 5.25. The number of anilines is 1. The van der Waals surface area contributed by atoms with Crippen molar-refractivity contribution in [2.24, 2.45) is 0 Å². The Morgan fingerprint density at radius 3 is 2.82 bits per heavy atom. The van der Waals surface area contributed by atoms with Crippen LogP contribution in [0.2, 0.25) is 5.02 Å². The van der Waals surface area contributed by atoms with E-state index in [-0.39, 0.29) is 17.5 Å². The predicted molar refractivity (Wildman–Crippen MR) is 65.3 cm³/mol. The Hall–Kier alpha value is -2.07. The van der Waals surface area contributed by atoms with Gasteiger partial charge in [0, 0.05) is 16.8 Å². The summed E-state index contributed by atoms with van der Waals surface area (Å²) in [5, 5.41) is 12.4.